The van der Waals surface area contributed by atoms with E-state index >= 15 is 0 Å². The van der Waals surface area contributed by atoms with Crippen LogP contribution in [0.15, 0.2) is 28.7 Å². The summed E-state index contributed by atoms with van der Waals surface area (Å²) in [4.78, 5) is 0. The van der Waals surface area contributed by atoms with Crippen molar-refractivity contribution in [2.75, 3.05) is 5.73 Å². The molecule has 0 radical (unpaired) electrons. The van der Waals surface area contributed by atoms with Gasteiger partial charge in [-0.15, -0.1) is 5.10 Å². The molecule has 0 amide bonds. The third-order valence-corrected chi connectivity index (χ3v) is 2.79. The molecule has 0 saturated carbocycles. The van der Waals surface area contributed by atoms with Gasteiger partial charge in [-0.05, 0) is 31.5 Å². The van der Waals surface area contributed by atoms with Crippen molar-refractivity contribution in [3.63, 3.8) is 0 Å². The molecule has 0 atom stereocenters. The number of anilines is 1. The monoisotopic (exact) mass is 237 g/mol. The molecule has 0 fully saturated rings. The molecule has 5 heteroatoms. The molecule has 0 aliphatic carbocycles. The topological polar surface area (TPSA) is 64.9 Å². The van der Waals surface area contributed by atoms with E-state index in [2.05, 4.69) is 10.2 Å². The first kappa shape index (κ1) is 11.0. The minimum atomic E-state index is -0.380. The molecule has 1 aromatic carbocycles. The SMILES string of the molecule is CC(C)(c1ccc(Cl)cc1)c1nnc(N)o1. The smallest absolute Gasteiger partial charge is 0.312 e. The minimum Gasteiger partial charge on any atom is -0.407 e. The zero-order valence-corrected chi connectivity index (χ0v) is 9.82. The second kappa shape index (κ2) is 3.79. The van der Waals surface area contributed by atoms with Gasteiger partial charge in [-0.25, -0.2) is 0 Å². The Labute approximate surface area is 98.4 Å². The average Bonchev–Trinajstić information content (AvgIpc) is 2.66. The first-order valence-electron chi connectivity index (χ1n) is 4.85. The molecule has 0 aliphatic heterocycles. The summed E-state index contributed by atoms with van der Waals surface area (Å²) in [5.74, 6) is 0.493. The van der Waals surface area contributed by atoms with Gasteiger partial charge in [0.25, 0.3) is 0 Å². The van der Waals surface area contributed by atoms with Gasteiger partial charge in [-0.2, -0.15) is 0 Å². The van der Waals surface area contributed by atoms with E-state index < -0.39 is 0 Å². The summed E-state index contributed by atoms with van der Waals surface area (Å²) in [6.07, 6.45) is 0. The lowest BCUT2D eigenvalue weighted by Crippen LogP contribution is -2.19. The normalized spacial score (nSPS) is 11.7. The van der Waals surface area contributed by atoms with Crippen molar-refractivity contribution < 1.29 is 4.42 Å². The number of rotatable bonds is 2. The Bertz CT molecular complexity index is 490. The molecule has 0 saturated heterocycles. The van der Waals surface area contributed by atoms with E-state index in [1.807, 2.05) is 38.1 Å². The van der Waals surface area contributed by atoms with E-state index in [4.69, 9.17) is 21.8 Å². The third-order valence-electron chi connectivity index (χ3n) is 2.54. The van der Waals surface area contributed by atoms with Crippen LogP contribution in [0, 0.1) is 0 Å². The average molecular weight is 238 g/mol. The highest BCUT2D eigenvalue weighted by atomic mass is 35.5. The molecule has 2 aromatic rings. The Morgan fingerprint density at radius 3 is 2.31 bits per heavy atom. The number of hydrogen-bond donors (Lipinski definition) is 1. The summed E-state index contributed by atoms with van der Waals surface area (Å²) >= 11 is 5.84. The summed E-state index contributed by atoms with van der Waals surface area (Å²) in [5, 5.41) is 8.27. The standard InChI is InChI=1S/C11H12ClN3O/c1-11(2,9-14-15-10(13)16-9)7-3-5-8(12)6-4-7/h3-6H,1-2H3,(H2,13,15). The van der Waals surface area contributed by atoms with Crippen molar-refractivity contribution in [1.82, 2.24) is 10.2 Å². The minimum absolute atomic E-state index is 0.0806. The van der Waals surface area contributed by atoms with Crippen LogP contribution >= 0.6 is 11.6 Å². The van der Waals surface area contributed by atoms with E-state index in [1.54, 1.807) is 0 Å². The van der Waals surface area contributed by atoms with Crippen molar-refractivity contribution in [2.24, 2.45) is 0 Å². The van der Waals surface area contributed by atoms with Crippen LogP contribution in [-0.2, 0) is 5.41 Å². The second-order valence-electron chi connectivity index (χ2n) is 4.08. The van der Waals surface area contributed by atoms with Gasteiger partial charge < -0.3 is 10.2 Å². The maximum absolute atomic E-state index is 5.84. The highest BCUT2D eigenvalue weighted by molar-refractivity contribution is 6.30. The van der Waals surface area contributed by atoms with Crippen LogP contribution in [0.4, 0.5) is 6.01 Å². The molecule has 0 aliphatic rings. The molecule has 1 heterocycles. The first-order valence-corrected chi connectivity index (χ1v) is 5.23. The van der Waals surface area contributed by atoms with Crippen LogP contribution in [0.1, 0.15) is 25.3 Å². The van der Waals surface area contributed by atoms with Gasteiger partial charge in [0.2, 0.25) is 5.89 Å². The van der Waals surface area contributed by atoms with Crippen molar-refractivity contribution in [3.05, 3.63) is 40.7 Å². The molecule has 0 bridgehead atoms. The van der Waals surface area contributed by atoms with Gasteiger partial charge in [-0.1, -0.05) is 28.8 Å². The number of nitrogens with zero attached hydrogens (tertiary/aromatic N) is 2. The Hall–Kier alpha value is -1.55. The summed E-state index contributed by atoms with van der Waals surface area (Å²) < 4.78 is 5.26. The fourth-order valence-corrected chi connectivity index (χ4v) is 1.60. The number of halogens is 1. The lowest BCUT2D eigenvalue weighted by molar-refractivity contribution is 0.422. The van der Waals surface area contributed by atoms with E-state index in [-0.39, 0.29) is 11.4 Å². The fourth-order valence-electron chi connectivity index (χ4n) is 1.48. The maximum Gasteiger partial charge on any atom is 0.312 e. The lowest BCUT2D eigenvalue weighted by atomic mass is 9.85. The Balaban J connectivity index is 2.42. The molecular weight excluding hydrogens is 226 g/mol. The highest BCUT2D eigenvalue weighted by Gasteiger charge is 2.29. The lowest BCUT2D eigenvalue weighted by Gasteiger charge is -2.20. The number of nitrogens with two attached hydrogens (primary N) is 1. The quantitative estimate of drug-likeness (QED) is 0.872. The second-order valence-corrected chi connectivity index (χ2v) is 4.51. The molecule has 0 spiro atoms. The van der Waals surface area contributed by atoms with Gasteiger partial charge in [0.1, 0.15) is 0 Å². The van der Waals surface area contributed by atoms with Crippen molar-refractivity contribution in [2.45, 2.75) is 19.3 Å². The number of aromatic nitrogens is 2. The Kier molecular flexibility index (Phi) is 2.59. The zero-order chi connectivity index (χ0) is 11.8. The number of hydrogen-bond acceptors (Lipinski definition) is 4. The van der Waals surface area contributed by atoms with Crippen LogP contribution in [0.5, 0.6) is 0 Å². The van der Waals surface area contributed by atoms with E-state index in [1.165, 1.54) is 0 Å². The van der Waals surface area contributed by atoms with Crippen LogP contribution in [0.3, 0.4) is 0 Å². The molecule has 84 valence electrons. The summed E-state index contributed by atoms with van der Waals surface area (Å²) in [6.45, 7) is 3.98. The van der Waals surface area contributed by atoms with Crippen LogP contribution in [0.2, 0.25) is 5.02 Å². The maximum atomic E-state index is 5.84. The van der Waals surface area contributed by atoms with E-state index in [0.717, 1.165) is 5.56 Å². The number of nitrogen functional groups attached to an aromatic ring is 1. The van der Waals surface area contributed by atoms with Gasteiger partial charge in [0.15, 0.2) is 0 Å². The molecule has 4 nitrogen and oxygen atoms in total. The van der Waals surface area contributed by atoms with Crippen LogP contribution in [0.25, 0.3) is 0 Å². The summed E-state index contributed by atoms with van der Waals surface area (Å²) in [6, 6.07) is 7.61. The zero-order valence-electron chi connectivity index (χ0n) is 9.07. The molecule has 0 unspecified atom stereocenters. The predicted molar refractivity (Wildman–Crippen MR) is 62.3 cm³/mol. The van der Waals surface area contributed by atoms with Gasteiger partial charge in [0.05, 0.1) is 5.41 Å². The summed E-state index contributed by atoms with van der Waals surface area (Å²) in [5.41, 5.74) is 6.08. The van der Waals surface area contributed by atoms with Crippen LogP contribution in [-0.4, -0.2) is 10.2 Å². The molecule has 2 N–H and O–H groups in total. The Morgan fingerprint density at radius 2 is 1.81 bits per heavy atom. The van der Waals surface area contributed by atoms with Crippen molar-refractivity contribution >= 4 is 17.6 Å². The van der Waals surface area contributed by atoms with Crippen LogP contribution < -0.4 is 5.73 Å². The molecule has 16 heavy (non-hydrogen) atoms. The van der Waals surface area contributed by atoms with Gasteiger partial charge in [-0.3, -0.25) is 0 Å². The van der Waals surface area contributed by atoms with E-state index in [0.29, 0.717) is 10.9 Å². The van der Waals surface area contributed by atoms with Crippen molar-refractivity contribution in [1.29, 1.82) is 0 Å². The number of benzene rings is 1. The summed E-state index contributed by atoms with van der Waals surface area (Å²) in [7, 11) is 0. The third kappa shape index (κ3) is 1.88. The largest absolute Gasteiger partial charge is 0.407 e. The highest BCUT2D eigenvalue weighted by Crippen LogP contribution is 2.31. The van der Waals surface area contributed by atoms with E-state index in [9.17, 15) is 0 Å². The molecular formula is C11H12ClN3O. The first-order chi connectivity index (χ1) is 7.50. The van der Waals surface area contributed by atoms with Gasteiger partial charge >= 0.3 is 6.01 Å². The van der Waals surface area contributed by atoms with Crippen molar-refractivity contribution in [3.8, 4) is 0 Å². The van der Waals surface area contributed by atoms with Gasteiger partial charge in [0, 0.05) is 5.02 Å². The Morgan fingerprint density at radius 1 is 1.19 bits per heavy atom. The predicted octanol–water partition coefficient (Wildman–Crippen LogP) is 2.63. The fraction of sp³-hybridized carbons (Fsp3) is 0.273. The molecule has 1 aromatic heterocycles. The molecule has 2 rings (SSSR count).